The first kappa shape index (κ1) is 16.8. The van der Waals surface area contributed by atoms with Crippen LogP contribution in [0.3, 0.4) is 0 Å². The number of fused-ring (bicyclic) bond motifs is 3. The van der Waals surface area contributed by atoms with Gasteiger partial charge in [0.05, 0.1) is 18.6 Å². The summed E-state index contributed by atoms with van der Waals surface area (Å²) in [6, 6.07) is 6.41. The van der Waals surface area contributed by atoms with Crippen molar-refractivity contribution in [1.29, 1.82) is 0 Å². The molecule has 3 aliphatic heterocycles. The van der Waals surface area contributed by atoms with Crippen LogP contribution >= 0.6 is 0 Å². The van der Waals surface area contributed by atoms with Crippen LogP contribution in [0.1, 0.15) is 24.0 Å². The van der Waals surface area contributed by atoms with Crippen molar-refractivity contribution in [2.24, 2.45) is 22.6 Å². The third-order valence-electron chi connectivity index (χ3n) is 6.65. The topological polar surface area (TPSA) is 67.9 Å². The second-order valence-corrected chi connectivity index (χ2v) is 8.09. The van der Waals surface area contributed by atoms with E-state index in [9.17, 15) is 4.79 Å². The normalized spacial score (nSPS) is 29.7. The lowest BCUT2D eigenvalue weighted by Gasteiger charge is -2.39. The summed E-state index contributed by atoms with van der Waals surface area (Å²) in [4.78, 5) is 19.7. The Morgan fingerprint density at radius 1 is 1.26 bits per heavy atom. The average molecular weight is 363 g/mol. The zero-order chi connectivity index (χ0) is 18.4. The van der Waals surface area contributed by atoms with Crippen LogP contribution in [0.4, 0.5) is 0 Å². The fourth-order valence-corrected chi connectivity index (χ4v) is 4.93. The second kappa shape index (κ2) is 6.34. The van der Waals surface area contributed by atoms with Crippen LogP contribution in [0, 0.1) is 11.8 Å². The highest BCUT2D eigenvalue weighted by Gasteiger charge is 2.45. The minimum absolute atomic E-state index is 0.0249. The summed E-state index contributed by atoms with van der Waals surface area (Å²) in [6.07, 6.45) is 12.0. The summed E-state index contributed by atoms with van der Waals surface area (Å²) in [7, 11) is 0. The number of benzene rings is 1. The van der Waals surface area contributed by atoms with E-state index in [4.69, 9.17) is 10.5 Å². The number of nitrogens with two attached hydrogens (primary N) is 1. The van der Waals surface area contributed by atoms with Crippen LogP contribution in [-0.4, -0.2) is 42.8 Å². The number of amides is 1. The summed E-state index contributed by atoms with van der Waals surface area (Å²) in [5.41, 5.74) is 8.27. The van der Waals surface area contributed by atoms with E-state index >= 15 is 0 Å². The van der Waals surface area contributed by atoms with Crippen molar-refractivity contribution in [3.05, 3.63) is 53.6 Å². The van der Waals surface area contributed by atoms with Crippen molar-refractivity contribution in [3.8, 4) is 5.75 Å². The molecule has 3 heterocycles. The van der Waals surface area contributed by atoms with Crippen molar-refractivity contribution in [2.45, 2.75) is 30.8 Å². The highest BCUT2D eigenvalue weighted by Crippen LogP contribution is 2.46. The molecule has 140 valence electrons. The van der Waals surface area contributed by atoms with Crippen molar-refractivity contribution < 1.29 is 9.53 Å². The highest BCUT2D eigenvalue weighted by atomic mass is 16.5. The predicted octanol–water partition coefficient (Wildman–Crippen LogP) is 2.21. The average Bonchev–Trinajstić information content (AvgIpc) is 3.30. The molecule has 27 heavy (non-hydrogen) atoms. The van der Waals surface area contributed by atoms with Crippen LogP contribution in [0.15, 0.2) is 47.5 Å². The number of carbonyl (C=O) groups is 1. The number of piperidine rings is 1. The Morgan fingerprint density at radius 2 is 2.07 bits per heavy atom. The number of allylic oxidation sites excluding steroid dienone is 2. The van der Waals surface area contributed by atoms with E-state index in [0.29, 0.717) is 13.2 Å². The molecule has 4 aliphatic rings. The molecular formula is C22H25N3O2. The van der Waals surface area contributed by atoms with Gasteiger partial charge in [0.1, 0.15) is 5.75 Å². The number of hydrogen-bond donors (Lipinski definition) is 1. The van der Waals surface area contributed by atoms with E-state index in [1.165, 1.54) is 5.56 Å². The fourth-order valence-electron chi connectivity index (χ4n) is 4.93. The first-order valence-electron chi connectivity index (χ1n) is 9.84. The monoisotopic (exact) mass is 363 g/mol. The minimum Gasteiger partial charge on any atom is -0.492 e. The number of carbonyl (C=O) groups excluding carboxylic acids is 1. The molecule has 1 fully saturated rings. The molecule has 5 rings (SSSR count). The van der Waals surface area contributed by atoms with Crippen LogP contribution in [0.2, 0.25) is 0 Å². The van der Waals surface area contributed by atoms with Crippen LogP contribution < -0.4 is 10.5 Å². The molecule has 0 saturated carbocycles. The van der Waals surface area contributed by atoms with Gasteiger partial charge in [0.15, 0.2) is 0 Å². The lowest BCUT2D eigenvalue weighted by Crippen LogP contribution is -2.49. The van der Waals surface area contributed by atoms with Crippen LogP contribution in [-0.2, 0) is 16.8 Å². The quantitative estimate of drug-likeness (QED) is 0.876. The molecule has 1 saturated heterocycles. The van der Waals surface area contributed by atoms with Crippen molar-refractivity contribution in [2.75, 3.05) is 19.7 Å². The van der Waals surface area contributed by atoms with Gasteiger partial charge < -0.3 is 15.4 Å². The first-order valence-corrected chi connectivity index (χ1v) is 9.84. The van der Waals surface area contributed by atoms with Gasteiger partial charge in [0, 0.05) is 42.7 Å². The number of likely N-dealkylation sites (tertiary alicyclic amines) is 1. The Hall–Kier alpha value is -2.40. The van der Waals surface area contributed by atoms with Crippen molar-refractivity contribution in [1.82, 2.24) is 4.90 Å². The standard InChI is InChI=1S/C22H25N3O2/c23-12-15-5-6-20-18(11-15)22(14-27-20)7-9-25(10-8-22)21(26)17-13-24-19-4-2-1-3-16(17)19/h1-6,11,13,16-17,19H,7-10,12,14,23H2. The highest BCUT2D eigenvalue weighted by molar-refractivity contribution is 5.95. The zero-order valence-electron chi connectivity index (χ0n) is 15.4. The van der Waals surface area contributed by atoms with E-state index in [1.807, 2.05) is 35.4 Å². The van der Waals surface area contributed by atoms with Gasteiger partial charge in [-0.15, -0.1) is 0 Å². The number of hydrogen-bond acceptors (Lipinski definition) is 4. The van der Waals surface area contributed by atoms with Gasteiger partial charge in [-0.2, -0.15) is 0 Å². The van der Waals surface area contributed by atoms with Gasteiger partial charge in [-0.25, -0.2) is 0 Å². The molecule has 5 nitrogen and oxygen atoms in total. The van der Waals surface area contributed by atoms with Gasteiger partial charge in [-0.3, -0.25) is 9.79 Å². The maximum atomic E-state index is 13.1. The molecule has 2 N–H and O–H groups in total. The molecule has 1 aromatic carbocycles. The molecule has 0 radical (unpaired) electrons. The predicted molar refractivity (Wildman–Crippen MR) is 105 cm³/mol. The molecule has 1 spiro atoms. The fraction of sp³-hybridized carbons (Fsp3) is 0.455. The maximum absolute atomic E-state index is 13.1. The molecule has 0 bridgehead atoms. The number of rotatable bonds is 2. The SMILES string of the molecule is NCc1ccc2c(c1)C1(CCN(C(=O)C3C=NC4C=CC=CC43)CC1)CO2. The van der Waals surface area contributed by atoms with Gasteiger partial charge >= 0.3 is 0 Å². The summed E-state index contributed by atoms with van der Waals surface area (Å²) >= 11 is 0. The number of ether oxygens (including phenoxy) is 1. The van der Waals surface area contributed by atoms with Crippen molar-refractivity contribution in [3.63, 3.8) is 0 Å². The summed E-state index contributed by atoms with van der Waals surface area (Å²) < 4.78 is 5.98. The molecule has 1 amide bonds. The summed E-state index contributed by atoms with van der Waals surface area (Å²) in [6.45, 7) is 2.80. The zero-order valence-corrected chi connectivity index (χ0v) is 15.4. The Kier molecular flexibility index (Phi) is 3.93. The smallest absolute Gasteiger partial charge is 0.231 e. The van der Waals surface area contributed by atoms with E-state index in [2.05, 4.69) is 23.2 Å². The summed E-state index contributed by atoms with van der Waals surface area (Å²) in [5, 5.41) is 0. The molecule has 3 unspecified atom stereocenters. The van der Waals surface area contributed by atoms with Crippen LogP contribution in [0.25, 0.3) is 0 Å². The Labute approximate surface area is 159 Å². The Balaban J connectivity index is 1.30. The molecule has 3 atom stereocenters. The lowest BCUT2D eigenvalue weighted by atomic mass is 9.73. The maximum Gasteiger partial charge on any atom is 0.231 e. The van der Waals surface area contributed by atoms with Gasteiger partial charge in [-0.1, -0.05) is 36.4 Å². The summed E-state index contributed by atoms with van der Waals surface area (Å²) in [5.74, 6) is 1.26. The van der Waals surface area contributed by atoms with E-state index in [0.717, 1.165) is 37.2 Å². The minimum atomic E-state index is -0.124. The Bertz CT molecular complexity index is 849. The van der Waals surface area contributed by atoms with Gasteiger partial charge in [0.25, 0.3) is 0 Å². The molecule has 5 heteroatoms. The molecule has 1 aliphatic carbocycles. The molecule has 0 aromatic heterocycles. The largest absolute Gasteiger partial charge is 0.492 e. The van der Waals surface area contributed by atoms with Crippen molar-refractivity contribution >= 4 is 12.1 Å². The van der Waals surface area contributed by atoms with E-state index < -0.39 is 0 Å². The van der Waals surface area contributed by atoms with Gasteiger partial charge in [-0.05, 0) is 24.5 Å². The first-order chi connectivity index (χ1) is 13.2. The second-order valence-electron chi connectivity index (χ2n) is 8.09. The lowest BCUT2D eigenvalue weighted by molar-refractivity contribution is -0.135. The third-order valence-corrected chi connectivity index (χ3v) is 6.65. The Morgan fingerprint density at radius 3 is 2.89 bits per heavy atom. The molecule has 1 aromatic rings. The van der Waals surface area contributed by atoms with Crippen LogP contribution in [0.5, 0.6) is 5.75 Å². The number of nitrogens with zero attached hydrogens (tertiary/aromatic N) is 2. The molecular weight excluding hydrogens is 338 g/mol. The van der Waals surface area contributed by atoms with E-state index in [1.54, 1.807) is 0 Å². The third kappa shape index (κ3) is 2.64. The van der Waals surface area contributed by atoms with E-state index in [-0.39, 0.29) is 29.2 Å². The van der Waals surface area contributed by atoms with Gasteiger partial charge in [0.2, 0.25) is 5.91 Å². The number of aliphatic imine (C=N–C) groups is 1.